The summed E-state index contributed by atoms with van der Waals surface area (Å²) in [5.74, 6) is 0.238. The van der Waals surface area contributed by atoms with Crippen LogP contribution >= 0.6 is 24.0 Å². The third kappa shape index (κ3) is 3.24. The van der Waals surface area contributed by atoms with Gasteiger partial charge in [0, 0.05) is 23.0 Å². The number of piperidine rings is 1. The Kier molecular flexibility index (Phi) is 4.91. The van der Waals surface area contributed by atoms with Gasteiger partial charge in [0.2, 0.25) is 0 Å². The zero-order chi connectivity index (χ0) is 15.3. The van der Waals surface area contributed by atoms with Crippen LogP contribution < -0.4 is 0 Å². The molecule has 5 heteroatoms. The number of carbonyl (C=O) groups is 1. The molecule has 3 fully saturated rings. The van der Waals surface area contributed by atoms with Gasteiger partial charge < -0.3 is 4.74 Å². The summed E-state index contributed by atoms with van der Waals surface area (Å²) in [5.41, 5.74) is 1.23. The summed E-state index contributed by atoms with van der Waals surface area (Å²) < 4.78 is 5.68. The molecule has 2 bridgehead atoms. The maximum absolute atomic E-state index is 12.8. The predicted molar refractivity (Wildman–Crippen MR) is 93.2 cm³/mol. The molecule has 0 amide bonds. The van der Waals surface area contributed by atoms with Crippen molar-refractivity contribution in [2.75, 3.05) is 7.05 Å². The summed E-state index contributed by atoms with van der Waals surface area (Å²) in [6.07, 6.45) is 5.59. The fourth-order valence-corrected chi connectivity index (χ4v) is 4.40. The highest BCUT2D eigenvalue weighted by atomic mass is 35.5. The van der Waals surface area contributed by atoms with Crippen molar-refractivity contribution >= 4 is 30.0 Å². The Morgan fingerprint density at radius 2 is 1.87 bits per heavy atom. The second kappa shape index (κ2) is 6.62. The topological polar surface area (TPSA) is 29.5 Å². The van der Waals surface area contributed by atoms with Crippen LogP contribution in [0.1, 0.15) is 43.6 Å². The predicted octanol–water partition coefficient (Wildman–Crippen LogP) is 4.03. The van der Waals surface area contributed by atoms with Crippen molar-refractivity contribution in [2.45, 2.75) is 56.2 Å². The van der Waals surface area contributed by atoms with Gasteiger partial charge in [0.15, 0.2) is 0 Å². The highest BCUT2D eigenvalue weighted by Crippen LogP contribution is 2.47. The molecule has 4 rings (SSSR count). The van der Waals surface area contributed by atoms with Crippen molar-refractivity contribution in [3.63, 3.8) is 0 Å². The lowest BCUT2D eigenvalue weighted by atomic mass is 9.76. The molecule has 1 aromatic rings. The number of halogens is 2. The van der Waals surface area contributed by atoms with Crippen molar-refractivity contribution in [1.29, 1.82) is 0 Å². The van der Waals surface area contributed by atoms with E-state index < -0.39 is 0 Å². The smallest absolute Gasteiger partial charge is 0.311 e. The summed E-state index contributed by atoms with van der Waals surface area (Å²) in [7, 11) is 2.16. The quantitative estimate of drug-likeness (QED) is 0.766. The SMILES string of the molecule is CN1C2CCC1C(C(=O)OC1CC1)C(c1ccc(Cl)cc1)C2.Cl. The molecule has 2 aliphatic heterocycles. The summed E-state index contributed by atoms with van der Waals surface area (Å²) in [4.78, 5) is 15.2. The summed E-state index contributed by atoms with van der Waals surface area (Å²) in [6, 6.07) is 8.94. The largest absolute Gasteiger partial charge is 0.462 e. The van der Waals surface area contributed by atoms with Crippen LogP contribution in [0.3, 0.4) is 0 Å². The van der Waals surface area contributed by atoms with Crippen LogP contribution in [-0.4, -0.2) is 36.1 Å². The van der Waals surface area contributed by atoms with Crippen LogP contribution in [0.25, 0.3) is 0 Å². The number of ether oxygens (including phenoxy) is 1. The van der Waals surface area contributed by atoms with Gasteiger partial charge in [-0.15, -0.1) is 12.4 Å². The molecule has 0 aromatic heterocycles. The molecule has 0 spiro atoms. The van der Waals surface area contributed by atoms with Gasteiger partial charge in [-0.2, -0.15) is 0 Å². The van der Waals surface area contributed by atoms with Gasteiger partial charge in [-0.3, -0.25) is 9.69 Å². The van der Waals surface area contributed by atoms with Crippen molar-refractivity contribution in [3.05, 3.63) is 34.9 Å². The molecule has 1 saturated carbocycles. The fourth-order valence-electron chi connectivity index (χ4n) is 4.27. The van der Waals surface area contributed by atoms with Gasteiger partial charge in [0.25, 0.3) is 0 Å². The van der Waals surface area contributed by atoms with Crippen molar-refractivity contribution in [3.8, 4) is 0 Å². The van der Waals surface area contributed by atoms with E-state index in [9.17, 15) is 4.79 Å². The van der Waals surface area contributed by atoms with Crippen LogP contribution in [0.15, 0.2) is 24.3 Å². The van der Waals surface area contributed by atoms with Gasteiger partial charge in [-0.05, 0) is 56.8 Å². The third-order valence-corrected chi connectivity index (χ3v) is 5.90. The van der Waals surface area contributed by atoms with E-state index in [-0.39, 0.29) is 36.3 Å². The van der Waals surface area contributed by atoms with Crippen LogP contribution in [0.4, 0.5) is 0 Å². The summed E-state index contributed by atoms with van der Waals surface area (Å²) in [6.45, 7) is 0. The van der Waals surface area contributed by atoms with Gasteiger partial charge in [-0.1, -0.05) is 23.7 Å². The Morgan fingerprint density at radius 1 is 1.17 bits per heavy atom. The second-order valence-electron chi connectivity index (χ2n) is 7.02. The zero-order valence-corrected chi connectivity index (χ0v) is 14.9. The van der Waals surface area contributed by atoms with Crippen LogP contribution in [0.2, 0.25) is 5.02 Å². The Morgan fingerprint density at radius 3 is 2.52 bits per heavy atom. The van der Waals surface area contributed by atoms with E-state index in [1.165, 1.54) is 12.0 Å². The van der Waals surface area contributed by atoms with E-state index in [0.717, 1.165) is 30.7 Å². The standard InChI is InChI=1S/C18H22ClNO2.ClH/c1-20-13-6-9-16(20)17(18(21)22-14-7-8-14)15(10-13)11-2-4-12(19)5-3-11;/h2-5,13-17H,6-10H2,1H3;1H. The molecule has 3 nitrogen and oxygen atoms in total. The molecule has 23 heavy (non-hydrogen) atoms. The van der Waals surface area contributed by atoms with Gasteiger partial charge >= 0.3 is 5.97 Å². The zero-order valence-electron chi connectivity index (χ0n) is 13.3. The van der Waals surface area contributed by atoms with E-state index >= 15 is 0 Å². The number of nitrogens with zero attached hydrogens (tertiary/aromatic N) is 1. The number of rotatable bonds is 3. The van der Waals surface area contributed by atoms with E-state index in [1.54, 1.807) is 0 Å². The summed E-state index contributed by atoms with van der Waals surface area (Å²) >= 11 is 6.02. The molecule has 2 saturated heterocycles. The van der Waals surface area contributed by atoms with E-state index in [1.807, 2.05) is 12.1 Å². The molecule has 0 N–H and O–H groups in total. The summed E-state index contributed by atoms with van der Waals surface area (Å²) in [5, 5.41) is 0.747. The average molecular weight is 356 g/mol. The highest BCUT2D eigenvalue weighted by Gasteiger charge is 2.50. The first-order chi connectivity index (χ1) is 10.6. The first kappa shape index (κ1) is 17.1. The molecule has 3 aliphatic rings. The number of carbonyl (C=O) groups excluding carboxylic acids is 1. The molecular weight excluding hydrogens is 333 g/mol. The number of esters is 1. The molecular formula is C18H23Cl2NO2. The Hall–Kier alpha value is -0.770. The van der Waals surface area contributed by atoms with Crippen molar-refractivity contribution in [1.82, 2.24) is 4.90 Å². The lowest BCUT2D eigenvalue weighted by Crippen LogP contribution is -2.49. The minimum absolute atomic E-state index is 0. The number of hydrogen-bond acceptors (Lipinski definition) is 3. The Labute approximate surface area is 148 Å². The van der Waals surface area contributed by atoms with E-state index in [2.05, 4.69) is 24.1 Å². The monoisotopic (exact) mass is 355 g/mol. The first-order valence-corrected chi connectivity index (χ1v) is 8.69. The van der Waals surface area contributed by atoms with Gasteiger partial charge in [0.1, 0.15) is 6.10 Å². The fraction of sp³-hybridized carbons (Fsp3) is 0.611. The van der Waals surface area contributed by atoms with Crippen LogP contribution in [-0.2, 0) is 9.53 Å². The maximum Gasteiger partial charge on any atom is 0.311 e. The molecule has 126 valence electrons. The first-order valence-electron chi connectivity index (χ1n) is 8.31. The lowest BCUT2D eigenvalue weighted by molar-refractivity contribution is -0.154. The number of fused-ring (bicyclic) bond motifs is 2. The minimum atomic E-state index is -0.0366. The normalized spacial score (nSPS) is 33.1. The van der Waals surface area contributed by atoms with Crippen molar-refractivity contribution in [2.24, 2.45) is 5.92 Å². The average Bonchev–Trinajstić information content (AvgIpc) is 3.27. The van der Waals surface area contributed by atoms with E-state index in [4.69, 9.17) is 16.3 Å². The van der Waals surface area contributed by atoms with Crippen LogP contribution in [0.5, 0.6) is 0 Å². The van der Waals surface area contributed by atoms with E-state index in [0.29, 0.717) is 12.1 Å². The molecule has 1 aromatic carbocycles. The third-order valence-electron chi connectivity index (χ3n) is 5.65. The molecule has 1 aliphatic carbocycles. The molecule has 4 atom stereocenters. The Bertz CT molecular complexity index is 573. The minimum Gasteiger partial charge on any atom is -0.462 e. The van der Waals surface area contributed by atoms with Gasteiger partial charge in [-0.25, -0.2) is 0 Å². The van der Waals surface area contributed by atoms with Gasteiger partial charge in [0.05, 0.1) is 5.92 Å². The molecule has 2 heterocycles. The number of benzene rings is 1. The van der Waals surface area contributed by atoms with Crippen LogP contribution in [0, 0.1) is 5.92 Å². The molecule has 4 unspecified atom stereocenters. The number of hydrogen-bond donors (Lipinski definition) is 0. The van der Waals surface area contributed by atoms with Crippen molar-refractivity contribution < 1.29 is 9.53 Å². The highest BCUT2D eigenvalue weighted by molar-refractivity contribution is 6.30. The lowest BCUT2D eigenvalue weighted by Gasteiger charge is -2.42. The maximum atomic E-state index is 12.8. The second-order valence-corrected chi connectivity index (χ2v) is 7.46. The Balaban J connectivity index is 0.00000156. The molecule has 0 radical (unpaired) electrons.